The van der Waals surface area contributed by atoms with E-state index in [-0.39, 0.29) is 0 Å². The molecule has 126 valence electrons. The van der Waals surface area contributed by atoms with E-state index in [0.29, 0.717) is 13.2 Å². The molecule has 0 unspecified atom stereocenters. The maximum Gasteiger partial charge on any atom is 0.128 e. The third-order valence-electron chi connectivity index (χ3n) is 3.85. The molecule has 0 saturated heterocycles. The summed E-state index contributed by atoms with van der Waals surface area (Å²) in [4.78, 5) is 0. The van der Waals surface area contributed by atoms with E-state index in [0.717, 1.165) is 22.6 Å². The highest BCUT2D eigenvalue weighted by Crippen LogP contribution is 2.42. The number of ether oxygens (including phenoxy) is 2. The minimum atomic E-state index is 0.476. The Bertz CT molecular complexity index is 692. The molecule has 0 fully saturated rings. The average molecular weight is 322 g/mol. The average Bonchev–Trinajstić information content (AvgIpc) is 2.51. The van der Waals surface area contributed by atoms with Gasteiger partial charge in [0, 0.05) is 11.1 Å². The monoisotopic (exact) mass is 322 g/mol. The molecule has 2 aromatic rings. The van der Waals surface area contributed by atoms with Crippen LogP contribution in [0, 0.1) is 27.7 Å². The lowest BCUT2D eigenvalue weighted by Crippen LogP contribution is -2.02. The molecule has 0 aromatic heterocycles. The molecule has 0 aliphatic carbocycles. The van der Waals surface area contributed by atoms with Gasteiger partial charge in [0.05, 0.1) is 0 Å². The first kappa shape index (κ1) is 17.9. The van der Waals surface area contributed by atoms with Gasteiger partial charge in [-0.25, -0.2) is 0 Å². The standard InChI is InChI=1S/C22H26O2/c1-7-9-23-19-13-15(3)11-17(5)21(19)22-18(6)12-16(4)14-20(22)24-10-8-2/h7-8,11-14H,1-2,9-10H2,3-6H3. The predicted octanol–water partition coefficient (Wildman–Crippen LogP) is 5.72. The van der Waals surface area contributed by atoms with E-state index in [4.69, 9.17) is 9.47 Å². The minimum absolute atomic E-state index is 0.476. The van der Waals surface area contributed by atoms with Gasteiger partial charge in [-0.05, 0) is 62.1 Å². The SMILES string of the molecule is C=CCOc1cc(C)cc(C)c1-c1c(C)cc(C)cc1OCC=C. The van der Waals surface area contributed by atoms with Crippen molar-refractivity contribution in [1.82, 2.24) is 0 Å². The van der Waals surface area contributed by atoms with Gasteiger partial charge in [-0.15, -0.1) is 0 Å². The van der Waals surface area contributed by atoms with Crippen molar-refractivity contribution in [3.05, 3.63) is 71.8 Å². The zero-order valence-electron chi connectivity index (χ0n) is 15.1. The maximum atomic E-state index is 5.95. The van der Waals surface area contributed by atoms with Crippen LogP contribution in [0.5, 0.6) is 11.5 Å². The van der Waals surface area contributed by atoms with Gasteiger partial charge >= 0.3 is 0 Å². The molecule has 0 heterocycles. The van der Waals surface area contributed by atoms with Crippen LogP contribution in [0.15, 0.2) is 49.6 Å². The molecule has 0 aliphatic heterocycles. The van der Waals surface area contributed by atoms with Gasteiger partial charge in [0.15, 0.2) is 0 Å². The topological polar surface area (TPSA) is 18.5 Å². The third-order valence-corrected chi connectivity index (χ3v) is 3.85. The zero-order valence-corrected chi connectivity index (χ0v) is 15.1. The number of hydrogen-bond acceptors (Lipinski definition) is 2. The molecule has 0 atom stereocenters. The van der Waals surface area contributed by atoms with E-state index in [2.05, 4.69) is 65.1 Å². The van der Waals surface area contributed by atoms with Crippen LogP contribution in [0.3, 0.4) is 0 Å². The maximum absolute atomic E-state index is 5.95. The molecule has 2 nitrogen and oxygen atoms in total. The van der Waals surface area contributed by atoms with Gasteiger partial charge in [-0.1, -0.05) is 37.4 Å². The summed E-state index contributed by atoms with van der Waals surface area (Å²) in [5.74, 6) is 1.73. The van der Waals surface area contributed by atoms with Crippen molar-refractivity contribution in [3.63, 3.8) is 0 Å². The van der Waals surface area contributed by atoms with Gasteiger partial charge in [0.2, 0.25) is 0 Å². The molecule has 2 heteroatoms. The van der Waals surface area contributed by atoms with Crippen molar-refractivity contribution in [3.8, 4) is 22.6 Å². The van der Waals surface area contributed by atoms with Gasteiger partial charge in [-0.3, -0.25) is 0 Å². The second kappa shape index (κ2) is 7.87. The van der Waals surface area contributed by atoms with Gasteiger partial charge in [-0.2, -0.15) is 0 Å². The summed E-state index contributed by atoms with van der Waals surface area (Å²) in [7, 11) is 0. The zero-order chi connectivity index (χ0) is 17.7. The first-order valence-electron chi connectivity index (χ1n) is 8.18. The Morgan fingerprint density at radius 2 is 1.08 bits per heavy atom. The molecule has 0 saturated carbocycles. The van der Waals surface area contributed by atoms with Crippen molar-refractivity contribution in [2.24, 2.45) is 0 Å². The van der Waals surface area contributed by atoms with Crippen LogP contribution in [0.1, 0.15) is 22.3 Å². The molecule has 24 heavy (non-hydrogen) atoms. The number of hydrogen-bond donors (Lipinski definition) is 0. The highest BCUT2D eigenvalue weighted by Gasteiger charge is 2.18. The van der Waals surface area contributed by atoms with E-state index >= 15 is 0 Å². The van der Waals surface area contributed by atoms with E-state index in [1.807, 2.05) is 0 Å². The second-order valence-corrected chi connectivity index (χ2v) is 6.11. The van der Waals surface area contributed by atoms with Gasteiger partial charge < -0.3 is 9.47 Å². The Morgan fingerprint density at radius 3 is 1.42 bits per heavy atom. The number of rotatable bonds is 7. The van der Waals surface area contributed by atoms with Gasteiger partial charge in [0.1, 0.15) is 24.7 Å². The smallest absolute Gasteiger partial charge is 0.128 e. The van der Waals surface area contributed by atoms with Gasteiger partial charge in [0.25, 0.3) is 0 Å². The minimum Gasteiger partial charge on any atom is -0.489 e. The molecule has 2 rings (SSSR count). The highest BCUT2D eigenvalue weighted by atomic mass is 16.5. The lowest BCUT2D eigenvalue weighted by molar-refractivity contribution is 0.358. The van der Waals surface area contributed by atoms with Crippen LogP contribution in [0.4, 0.5) is 0 Å². The number of aryl methyl sites for hydroxylation is 4. The summed E-state index contributed by atoms with van der Waals surface area (Å²) in [6.07, 6.45) is 3.52. The summed E-state index contributed by atoms with van der Waals surface area (Å²) in [5.41, 5.74) is 6.86. The summed E-state index contributed by atoms with van der Waals surface area (Å²) >= 11 is 0. The summed E-state index contributed by atoms with van der Waals surface area (Å²) < 4.78 is 11.9. The van der Waals surface area contributed by atoms with Crippen LogP contribution >= 0.6 is 0 Å². The van der Waals surface area contributed by atoms with Crippen molar-refractivity contribution >= 4 is 0 Å². The summed E-state index contributed by atoms with van der Waals surface area (Å²) in [6, 6.07) is 8.49. The third kappa shape index (κ3) is 3.88. The largest absolute Gasteiger partial charge is 0.489 e. The molecule has 0 N–H and O–H groups in total. The quantitative estimate of drug-likeness (QED) is 0.607. The van der Waals surface area contributed by atoms with E-state index in [9.17, 15) is 0 Å². The van der Waals surface area contributed by atoms with E-state index in [1.165, 1.54) is 22.3 Å². The molecule has 2 aromatic carbocycles. The van der Waals surface area contributed by atoms with Crippen LogP contribution < -0.4 is 9.47 Å². The Kier molecular flexibility index (Phi) is 5.86. The lowest BCUT2D eigenvalue weighted by Gasteiger charge is -2.20. The molecular formula is C22H26O2. The fraction of sp³-hybridized carbons (Fsp3) is 0.273. The molecule has 0 radical (unpaired) electrons. The van der Waals surface area contributed by atoms with Crippen LogP contribution in [0.2, 0.25) is 0 Å². The Balaban J connectivity index is 2.70. The normalized spacial score (nSPS) is 10.3. The predicted molar refractivity (Wildman–Crippen MR) is 102 cm³/mol. The van der Waals surface area contributed by atoms with Crippen molar-refractivity contribution in [1.29, 1.82) is 0 Å². The fourth-order valence-corrected chi connectivity index (χ4v) is 3.02. The molecular weight excluding hydrogens is 296 g/mol. The van der Waals surface area contributed by atoms with Crippen molar-refractivity contribution < 1.29 is 9.47 Å². The summed E-state index contributed by atoms with van der Waals surface area (Å²) in [5, 5.41) is 0. The summed E-state index contributed by atoms with van der Waals surface area (Å²) in [6.45, 7) is 16.8. The second-order valence-electron chi connectivity index (χ2n) is 6.11. The van der Waals surface area contributed by atoms with Crippen LogP contribution in [-0.2, 0) is 0 Å². The van der Waals surface area contributed by atoms with E-state index in [1.54, 1.807) is 12.2 Å². The Hall–Kier alpha value is -2.48. The molecule has 0 amide bonds. The molecule has 0 aliphatic rings. The Labute approximate surface area is 145 Å². The first-order valence-corrected chi connectivity index (χ1v) is 8.18. The Morgan fingerprint density at radius 1 is 0.708 bits per heavy atom. The first-order chi connectivity index (χ1) is 11.5. The lowest BCUT2D eigenvalue weighted by atomic mass is 9.92. The van der Waals surface area contributed by atoms with Crippen molar-refractivity contribution in [2.45, 2.75) is 27.7 Å². The molecule has 0 bridgehead atoms. The van der Waals surface area contributed by atoms with E-state index < -0.39 is 0 Å². The van der Waals surface area contributed by atoms with Crippen molar-refractivity contribution in [2.75, 3.05) is 13.2 Å². The number of benzene rings is 2. The fourth-order valence-electron chi connectivity index (χ4n) is 3.02. The molecule has 0 spiro atoms. The van der Waals surface area contributed by atoms with Crippen LogP contribution in [0.25, 0.3) is 11.1 Å². The van der Waals surface area contributed by atoms with Crippen LogP contribution in [-0.4, -0.2) is 13.2 Å². The highest BCUT2D eigenvalue weighted by molar-refractivity contribution is 5.82.